The molecule has 0 aromatic rings. The highest BCUT2D eigenvalue weighted by Gasteiger charge is 2.45. The molecule has 1 fully saturated rings. The van der Waals surface area contributed by atoms with Gasteiger partial charge < -0.3 is 10.2 Å². The SMILES string of the molecule is CCCCCN1C(=O)C(CC)NC(=O)C1(C)C. The second-order valence-corrected chi connectivity index (χ2v) is 5.19. The van der Waals surface area contributed by atoms with Crippen LogP contribution in [0.2, 0.25) is 0 Å². The third kappa shape index (κ3) is 2.79. The molecule has 1 atom stereocenters. The quantitative estimate of drug-likeness (QED) is 0.743. The van der Waals surface area contributed by atoms with Gasteiger partial charge in [-0.05, 0) is 26.7 Å². The first-order valence-corrected chi connectivity index (χ1v) is 6.57. The van der Waals surface area contributed by atoms with Crippen molar-refractivity contribution in [2.45, 2.75) is 65.0 Å². The highest BCUT2D eigenvalue weighted by atomic mass is 16.2. The van der Waals surface area contributed by atoms with Crippen molar-refractivity contribution in [3.05, 3.63) is 0 Å². The standard InChI is InChI=1S/C13H24N2O2/c1-5-7-8-9-15-11(16)10(6-2)14-12(17)13(15,3)4/h10H,5-9H2,1-4H3,(H,14,17). The van der Waals surface area contributed by atoms with Gasteiger partial charge in [0.15, 0.2) is 0 Å². The Morgan fingerprint density at radius 2 is 1.88 bits per heavy atom. The number of carbonyl (C=O) groups is 2. The summed E-state index contributed by atoms with van der Waals surface area (Å²) in [5.74, 6) is 0.0219. The van der Waals surface area contributed by atoms with E-state index in [4.69, 9.17) is 0 Å². The highest BCUT2D eigenvalue weighted by molar-refractivity contribution is 5.99. The van der Waals surface area contributed by atoms with Gasteiger partial charge in [0, 0.05) is 6.54 Å². The lowest BCUT2D eigenvalue weighted by Gasteiger charge is -2.44. The maximum Gasteiger partial charge on any atom is 0.246 e. The van der Waals surface area contributed by atoms with E-state index in [2.05, 4.69) is 12.2 Å². The number of unbranched alkanes of at least 4 members (excludes halogenated alkanes) is 2. The summed E-state index contributed by atoms with van der Waals surface area (Å²) in [5.41, 5.74) is -0.712. The maximum atomic E-state index is 12.2. The Balaban J connectivity index is 2.79. The molecule has 1 aliphatic rings. The summed E-state index contributed by atoms with van der Waals surface area (Å²) in [6.45, 7) is 8.37. The summed E-state index contributed by atoms with van der Waals surface area (Å²) in [4.78, 5) is 25.9. The van der Waals surface area contributed by atoms with Gasteiger partial charge >= 0.3 is 0 Å². The minimum atomic E-state index is -0.712. The van der Waals surface area contributed by atoms with Crippen LogP contribution in [0.5, 0.6) is 0 Å². The number of rotatable bonds is 5. The van der Waals surface area contributed by atoms with E-state index in [0.29, 0.717) is 13.0 Å². The van der Waals surface area contributed by atoms with Crippen molar-refractivity contribution in [1.82, 2.24) is 10.2 Å². The average molecular weight is 240 g/mol. The van der Waals surface area contributed by atoms with Gasteiger partial charge in [-0.2, -0.15) is 0 Å². The van der Waals surface area contributed by atoms with E-state index >= 15 is 0 Å². The van der Waals surface area contributed by atoms with Crippen molar-refractivity contribution < 1.29 is 9.59 Å². The van der Waals surface area contributed by atoms with Crippen LogP contribution < -0.4 is 5.32 Å². The van der Waals surface area contributed by atoms with E-state index in [9.17, 15) is 9.59 Å². The average Bonchev–Trinajstić information content (AvgIpc) is 2.28. The summed E-state index contributed by atoms with van der Waals surface area (Å²) >= 11 is 0. The van der Waals surface area contributed by atoms with Crippen molar-refractivity contribution in [1.29, 1.82) is 0 Å². The minimum absolute atomic E-state index is 0.0413. The number of nitrogens with one attached hydrogen (secondary N) is 1. The Kier molecular flexibility index (Phi) is 4.54. The fourth-order valence-electron chi connectivity index (χ4n) is 2.17. The van der Waals surface area contributed by atoms with Crippen LogP contribution in [-0.2, 0) is 9.59 Å². The molecule has 0 aromatic heterocycles. The molecule has 17 heavy (non-hydrogen) atoms. The van der Waals surface area contributed by atoms with E-state index < -0.39 is 5.54 Å². The summed E-state index contributed by atoms with van der Waals surface area (Å²) in [7, 11) is 0. The lowest BCUT2D eigenvalue weighted by molar-refractivity contribution is -0.155. The molecule has 0 saturated carbocycles. The van der Waals surface area contributed by atoms with Gasteiger partial charge in [-0.15, -0.1) is 0 Å². The van der Waals surface area contributed by atoms with Crippen LogP contribution in [-0.4, -0.2) is 34.8 Å². The van der Waals surface area contributed by atoms with Crippen LogP contribution in [0.4, 0.5) is 0 Å². The summed E-state index contributed by atoms with van der Waals surface area (Å²) < 4.78 is 0. The molecule has 4 nitrogen and oxygen atoms in total. The number of piperazine rings is 1. The normalized spacial score (nSPS) is 23.8. The van der Waals surface area contributed by atoms with Crippen molar-refractivity contribution in [3.8, 4) is 0 Å². The van der Waals surface area contributed by atoms with Crippen molar-refractivity contribution in [3.63, 3.8) is 0 Å². The van der Waals surface area contributed by atoms with Crippen LogP contribution in [0.15, 0.2) is 0 Å². The van der Waals surface area contributed by atoms with Crippen LogP contribution >= 0.6 is 0 Å². The maximum absolute atomic E-state index is 12.2. The van der Waals surface area contributed by atoms with Gasteiger partial charge in [0.2, 0.25) is 11.8 Å². The molecule has 0 aromatic carbocycles. The summed E-state index contributed by atoms with van der Waals surface area (Å²) in [6, 6.07) is -0.336. The zero-order valence-electron chi connectivity index (χ0n) is 11.4. The van der Waals surface area contributed by atoms with Gasteiger partial charge in [-0.25, -0.2) is 0 Å². The van der Waals surface area contributed by atoms with E-state index in [-0.39, 0.29) is 17.9 Å². The first-order chi connectivity index (χ1) is 7.95. The van der Waals surface area contributed by atoms with Crippen LogP contribution in [0.3, 0.4) is 0 Å². The Labute approximate surface area is 104 Å². The van der Waals surface area contributed by atoms with E-state index in [1.165, 1.54) is 0 Å². The predicted octanol–water partition coefficient (Wildman–Crippen LogP) is 1.69. The Morgan fingerprint density at radius 3 is 2.41 bits per heavy atom. The molecule has 0 radical (unpaired) electrons. The second kappa shape index (κ2) is 5.52. The van der Waals surface area contributed by atoms with Gasteiger partial charge in [-0.1, -0.05) is 26.7 Å². The fourth-order valence-corrected chi connectivity index (χ4v) is 2.17. The molecule has 1 N–H and O–H groups in total. The molecule has 98 valence electrons. The topological polar surface area (TPSA) is 49.4 Å². The van der Waals surface area contributed by atoms with Crippen LogP contribution in [0, 0.1) is 0 Å². The molecule has 1 aliphatic heterocycles. The Bertz CT molecular complexity index is 300. The second-order valence-electron chi connectivity index (χ2n) is 5.19. The molecule has 1 rings (SSSR count). The van der Waals surface area contributed by atoms with Gasteiger partial charge in [-0.3, -0.25) is 9.59 Å². The fraction of sp³-hybridized carbons (Fsp3) is 0.846. The molecule has 4 heteroatoms. The lowest BCUT2D eigenvalue weighted by atomic mass is 9.94. The number of carbonyl (C=O) groups excluding carboxylic acids is 2. The van der Waals surface area contributed by atoms with E-state index in [1.54, 1.807) is 4.90 Å². The van der Waals surface area contributed by atoms with Crippen LogP contribution in [0.25, 0.3) is 0 Å². The Morgan fingerprint density at radius 1 is 1.24 bits per heavy atom. The molecule has 0 bridgehead atoms. The Hall–Kier alpha value is -1.06. The molecule has 0 spiro atoms. The zero-order chi connectivity index (χ0) is 13.1. The largest absolute Gasteiger partial charge is 0.342 e. The van der Waals surface area contributed by atoms with Crippen molar-refractivity contribution in [2.75, 3.05) is 6.54 Å². The summed E-state index contributed by atoms with van der Waals surface area (Å²) in [5, 5.41) is 2.80. The van der Waals surface area contributed by atoms with Crippen molar-refractivity contribution >= 4 is 11.8 Å². The molecular formula is C13H24N2O2. The van der Waals surface area contributed by atoms with Gasteiger partial charge in [0.25, 0.3) is 0 Å². The monoisotopic (exact) mass is 240 g/mol. The smallest absolute Gasteiger partial charge is 0.246 e. The first kappa shape index (κ1) is 14.0. The van der Waals surface area contributed by atoms with Crippen molar-refractivity contribution in [2.24, 2.45) is 0 Å². The minimum Gasteiger partial charge on any atom is -0.342 e. The molecule has 1 saturated heterocycles. The number of hydrogen-bond acceptors (Lipinski definition) is 2. The highest BCUT2D eigenvalue weighted by Crippen LogP contribution is 2.22. The lowest BCUT2D eigenvalue weighted by Crippen LogP contribution is -2.68. The molecule has 1 unspecified atom stereocenters. The summed E-state index contributed by atoms with van der Waals surface area (Å²) in [6.07, 6.45) is 3.84. The van der Waals surface area contributed by atoms with E-state index in [1.807, 2.05) is 20.8 Å². The number of nitrogens with zero attached hydrogens (tertiary/aromatic N) is 1. The van der Waals surface area contributed by atoms with Gasteiger partial charge in [0.05, 0.1) is 0 Å². The first-order valence-electron chi connectivity index (χ1n) is 6.57. The molecule has 1 heterocycles. The van der Waals surface area contributed by atoms with Crippen LogP contribution in [0.1, 0.15) is 53.4 Å². The number of hydrogen-bond donors (Lipinski definition) is 1. The third-order valence-electron chi connectivity index (χ3n) is 3.49. The molecule has 2 amide bonds. The molecule has 0 aliphatic carbocycles. The van der Waals surface area contributed by atoms with Gasteiger partial charge in [0.1, 0.15) is 11.6 Å². The third-order valence-corrected chi connectivity index (χ3v) is 3.49. The predicted molar refractivity (Wildman–Crippen MR) is 67.5 cm³/mol. The van der Waals surface area contributed by atoms with E-state index in [0.717, 1.165) is 19.3 Å². The molecular weight excluding hydrogens is 216 g/mol. The number of amides is 2. The zero-order valence-corrected chi connectivity index (χ0v) is 11.4.